The Morgan fingerprint density at radius 1 is 0.962 bits per heavy atom. The fourth-order valence-electron chi connectivity index (χ4n) is 3.13. The van der Waals surface area contributed by atoms with Crippen LogP contribution >= 0.6 is 0 Å². The van der Waals surface area contributed by atoms with E-state index < -0.39 is 25.1 Å². The van der Waals surface area contributed by atoms with Crippen LogP contribution in [0.15, 0.2) is 0 Å². The van der Waals surface area contributed by atoms with Gasteiger partial charge in [0.1, 0.15) is 6.10 Å². The van der Waals surface area contributed by atoms with Gasteiger partial charge < -0.3 is 24.4 Å². The molecule has 0 aliphatic carbocycles. The Morgan fingerprint density at radius 2 is 1.46 bits per heavy atom. The molecule has 0 aromatic carbocycles. The van der Waals surface area contributed by atoms with Crippen LogP contribution in [0.3, 0.4) is 0 Å². The monoisotopic (exact) mass is 374 g/mol. The van der Waals surface area contributed by atoms with Gasteiger partial charge in [-0.3, -0.25) is 4.79 Å². The minimum Gasteiger partial charge on any atom is -0.454 e. The van der Waals surface area contributed by atoms with Crippen molar-refractivity contribution >= 4 is 5.97 Å². The lowest BCUT2D eigenvalue weighted by atomic mass is 10.1. The van der Waals surface area contributed by atoms with Gasteiger partial charge in [-0.2, -0.15) is 0 Å². The van der Waals surface area contributed by atoms with Crippen molar-refractivity contribution in [3.63, 3.8) is 0 Å². The van der Waals surface area contributed by atoms with Crippen molar-refractivity contribution in [2.45, 2.75) is 102 Å². The Morgan fingerprint density at radius 3 is 1.96 bits per heavy atom. The Hall–Kier alpha value is -0.690. The largest absolute Gasteiger partial charge is 0.454 e. The van der Waals surface area contributed by atoms with Gasteiger partial charge in [0.2, 0.25) is 0 Å². The molecule has 0 aromatic heterocycles. The molecule has 0 amide bonds. The summed E-state index contributed by atoms with van der Waals surface area (Å²) >= 11 is 0. The van der Waals surface area contributed by atoms with Gasteiger partial charge in [-0.15, -0.1) is 0 Å². The average Bonchev–Trinajstić information content (AvgIpc) is 3.18. The number of hydrogen-bond acceptors (Lipinski definition) is 6. The van der Waals surface area contributed by atoms with E-state index in [1.807, 2.05) is 0 Å². The quantitative estimate of drug-likeness (QED) is 0.318. The molecule has 6 heteroatoms. The van der Waals surface area contributed by atoms with Crippen LogP contribution in [0.5, 0.6) is 0 Å². The van der Waals surface area contributed by atoms with Crippen LogP contribution in [0, 0.1) is 0 Å². The number of carbonyl (C=O) groups excluding carboxylic acids is 1. The summed E-state index contributed by atoms with van der Waals surface area (Å²) < 4.78 is 15.8. The van der Waals surface area contributed by atoms with Gasteiger partial charge in [-0.25, -0.2) is 0 Å². The first-order chi connectivity index (χ1) is 12.7. The zero-order chi connectivity index (χ0) is 19.0. The number of aliphatic hydroxyl groups excluding tert-OH is 2. The zero-order valence-electron chi connectivity index (χ0n) is 16.4. The number of aliphatic hydroxyl groups is 2. The highest BCUT2D eigenvalue weighted by molar-refractivity contribution is 5.69. The smallest absolute Gasteiger partial charge is 0.306 e. The first-order valence-corrected chi connectivity index (χ1v) is 10.4. The molecule has 0 saturated carbocycles. The Labute approximate surface area is 158 Å². The van der Waals surface area contributed by atoms with Crippen LogP contribution in [0.1, 0.15) is 84.0 Å². The Kier molecular flexibility index (Phi) is 13.8. The maximum Gasteiger partial charge on any atom is 0.306 e. The van der Waals surface area contributed by atoms with Crippen LogP contribution in [0.4, 0.5) is 0 Å². The molecule has 1 fully saturated rings. The molecule has 1 aliphatic heterocycles. The van der Waals surface area contributed by atoms with Crippen LogP contribution in [-0.4, -0.2) is 54.5 Å². The van der Waals surface area contributed by atoms with E-state index in [1.54, 1.807) is 0 Å². The molecular weight excluding hydrogens is 336 g/mol. The van der Waals surface area contributed by atoms with E-state index in [-0.39, 0.29) is 5.97 Å². The molecule has 26 heavy (non-hydrogen) atoms. The van der Waals surface area contributed by atoms with E-state index in [1.165, 1.54) is 51.4 Å². The summed E-state index contributed by atoms with van der Waals surface area (Å²) in [6.45, 7) is 2.53. The molecule has 0 unspecified atom stereocenters. The minimum atomic E-state index is -1.20. The zero-order valence-corrected chi connectivity index (χ0v) is 16.4. The van der Waals surface area contributed by atoms with Crippen molar-refractivity contribution in [1.29, 1.82) is 0 Å². The summed E-state index contributed by atoms with van der Waals surface area (Å²) in [5.74, 6) is -0.377. The SMILES string of the molecule is CCCCCCCCCCCCCC(=O)O[C@@H](C1OCCO1)[C@H](O)CO. The summed E-state index contributed by atoms with van der Waals surface area (Å²) in [5.41, 5.74) is 0. The van der Waals surface area contributed by atoms with Crippen molar-refractivity contribution in [1.82, 2.24) is 0 Å². The summed E-state index contributed by atoms with van der Waals surface area (Å²) in [6.07, 6.45) is 10.8. The van der Waals surface area contributed by atoms with Crippen molar-refractivity contribution in [2.75, 3.05) is 19.8 Å². The Bertz CT molecular complexity index is 343. The molecule has 1 saturated heterocycles. The fraction of sp³-hybridized carbons (Fsp3) is 0.950. The van der Waals surface area contributed by atoms with E-state index in [0.717, 1.165) is 19.3 Å². The van der Waals surface area contributed by atoms with Crippen LogP contribution in [0.2, 0.25) is 0 Å². The van der Waals surface area contributed by atoms with E-state index >= 15 is 0 Å². The molecule has 1 heterocycles. The van der Waals surface area contributed by atoms with E-state index in [9.17, 15) is 9.90 Å². The summed E-state index contributed by atoms with van der Waals surface area (Å²) in [6, 6.07) is 0. The number of hydrogen-bond donors (Lipinski definition) is 2. The maximum atomic E-state index is 12.0. The third-order valence-electron chi connectivity index (χ3n) is 4.73. The number of unbranched alkanes of at least 4 members (excludes halogenated alkanes) is 10. The fourth-order valence-corrected chi connectivity index (χ4v) is 3.13. The molecule has 2 N–H and O–H groups in total. The van der Waals surface area contributed by atoms with Gasteiger partial charge in [0.25, 0.3) is 0 Å². The van der Waals surface area contributed by atoms with Crippen molar-refractivity contribution in [2.24, 2.45) is 0 Å². The van der Waals surface area contributed by atoms with Gasteiger partial charge in [-0.1, -0.05) is 71.1 Å². The summed E-state index contributed by atoms with van der Waals surface area (Å²) in [7, 11) is 0. The van der Waals surface area contributed by atoms with Crippen molar-refractivity contribution in [3.8, 4) is 0 Å². The molecule has 0 bridgehead atoms. The van der Waals surface area contributed by atoms with Gasteiger partial charge in [-0.05, 0) is 6.42 Å². The van der Waals surface area contributed by atoms with Gasteiger partial charge in [0.05, 0.1) is 19.8 Å². The number of rotatable bonds is 16. The highest BCUT2D eigenvalue weighted by Gasteiger charge is 2.35. The number of esters is 1. The lowest BCUT2D eigenvalue weighted by Crippen LogP contribution is -2.43. The lowest BCUT2D eigenvalue weighted by Gasteiger charge is -2.25. The van der Waals surface area contributed by atoms with Gasteiger partial charge in [0.15, 0.2) is 12.4 Å². The van der Waals surface area contributed by atoms with E-state index in [0.29, 0.717) is 19.6 Å². The molecule has 2 atom stereocenters. The highest BCUT2D eigenvalue weighted by atomic mass is 16.7. The molecule has 0 spiro atoms. The third kappa shape index (κ3) is 10.5. The topological polar surface area (TPSA) is 85.2 Å². The molecule has 6 nitrogen and oxygen atoms in total. The molecule has 0 radical (unpaired) electrons. The Balaban J connectivity index is 2.03. The predicted molar refractivity (Wildman–Crippen MR) is 99.7 cm³/mol. The molecule has 1 rings (SSSR count). The van der Waals surface area contributed by atoms with E-state index in [2.05, 4.69) is 6.92 Å². The molecule has 0 aromatic rings. The van der Waals surface area contributed by atoms with Crippen LogP contribution in [-0.2, 0) is 19.0 Å². The average molecular weight is 375 g/mol. The van der Waals surface area contributed by atoms with Gasteiger partial charge in [0, 0.05) is 6.42 Å². The normalized spacial score (nSPS) is 17.3. The molecular formula is C20H38O6. The number of carbonyl (C=O) groups is 1. The number of ether oxygens (including phenoxy) is 3. The third-order valence-corrected chi connectivity index (χ3v) is 4.73. The standard InChI is InChI=1S/C20H38O6/c1-2-3-4-5-6-7-8-9-10-11-12-13-18(23)26-19(17(22)16-21)20-24-14-15-25-20/h17,19-22H,2-16H2,1H3/t17-,19-/m1/s1. The summed E-state index contributed by atoms with van der Waals surface area (Å²) in [4.78, 5) is 12.0. The van der Waals surface area contributed by atoms with Gasteiger partial charge >= 0.3 is 5.97 Å². The first-order valence-electron chi connectivity index (χ1n) is 10.4. The maximum absolute atomic E-state index is 12.0. The summed E-state index contributed by atoms with van der Waals surface area (Å²) in [5, 5.41) is 18.9. The highest BCUT2D eigenvalue weighted by Crippen LogP contribution is 2.17. The minimum absolute atomic E-state index is 0.318. The van der Waals surface area contributed by atoms with Crippen LogP contribution < -0.4 is 0 Å². The second-order valence-electron chi connectivity index (χ2n) is 7.10. The predicted octanol–water partition coefficient (Wildman–Crippen LogP) is 3.33. The van der Waals surface area contributed by atoms with Crippen molar-refractivity contribution in [3.05, 3.63) is 0 Å². The van der Waals surface area contributed by atoms with E-state index in [4.69, 9.17) is 19.3 Å². The second-order valence-corrected chi connectivity index (χ2v) is 7.10. The molecule has 154 valence electrons. The first kappa shape index (κ1) is 23.3. The lowest BCUT2D eigenvalue weighted by molar-refractivity contribution is -0.195. The second kappa shape index (κ2) is 15.4. The van der Waals surface area contributed by atoms with Crippen LogP contribution in [0.25, 0.3) is 0 Å². The molecule has 1 aliphatic rings. The van der Waals surface area contributed by atoms with Crippen molar-refractivity contribution < 1.29 is 29.2 Å².